The van der Waals surface area contributed by atoms with E-state index in [0.717, 1.165) is 35.2 Å². The molecule has 7 nitrogen and oxygen atoms in total. The van der Waals surface area contributed by atoms with E-state index in [0.29, 0.717) is 23.6 Å². The lowest BCUT2D eigenvalue weighted by molar-refractivity contribution is 0.0730. The van der Waals surface area contributed by atoms with Crippen LogP contribution in [0.1, 0.15) is 40.5 Å². The van der Waals surface area contributed by atoms with E-state index in [4.69, 9.17) is 9.47 Å². The molecule has 1 atom stereocenters. The Morgan fingerprint density at radius 3 is 2.79 bits per heavy atom. The summed E-state index contributed by atoms with van der Waals surface area (Å²) in [5.74, 6) is 1.11. The number of aromatic amines is 1. The summed E-state index contributed by atoms with van der Waals surface area (Å²) >= 11 is 0. The van der Waals surface area contributed by atoms with Crippen LogP contribution in [0, 0.1) is 6.92 Å². The summed E-state index contributed by atoms with van der Waals surface area (Å²) in [4.78, 5) is 19.5. The molecule has 0 unspecified atom stereocenters. The van der Waals surface area contributed by atoms with Crippen molar-refractivity contribution in [2.24, 2.45) is 0 Å². The summed E-state index contributed by atoms with van der Waals surface area (Å²) < 4.78 is 10.7. The topological polar surface area (TPSA) is 80.3 Å². The predicted octanol–water partition coefficient (Wildman–Crippen LogP) is 3.77. The lowest BCUT2D eigenvalue weighted by Crippen LogP contribution is -2.31. The van der Waals surface area contributed by atoms with Gasteiger partial charge in [-0.3, -0.25) is 14.9 Å². The molecular weight excluding hydrogens is 368 g/mol. The molecule has 1 aliphatic rings. The average molecular weight is 392 g/mol. The van der Waals surface area contributed by atoms with Gasteiger partial charge in [-0.1, -0.05) is 0 Å². The highest BCUT2D eigenvalue weighted by Gasteiger charge is 2.34. The van der Waals surface area contributed by atoms with Crippen molar-refractivity contribution in [1.29, 1.82) is 0 Å². The van der Waals surface area contributed by atoms with E-state index < -0.39 is 0 Å². The number of ether oxygens (including phenoxy) is 2. The molecule has 3 aromatic rings. The standard InChI is InChI=1S/C22H24N4O3/c1-14-12-23-9-8-16(14)18-13-24-25-21(18)19-5-4-10-26(19)22(27)17-7-6-15(28-2)11-20(17)29-3/h6-9,11-13,19H,4-5,10H2,1-3H3,(H,24,25)/t19-/m0/s1. The van der Waals surface area contributed by atoms with Gasteiger partial charge < -0.3 is 14.4 Å². The highest BCUT2D eigenvalue weighted by atomic mass is 16.5. The molecule has 3 heterocycles. The molecule has 1 saturated heterocycles. The minimum Gasteiger partial charge on any atom is -0.497 e. The van der Waals surface area contributed by atoms with E-state index >= 15 is 0 Å². The Bertz CT molecular complexity index is 1030. The van der Waals surface area contributed by atoms with Crippen molar-refractivity contribution >= 4 is 5.91 Å². The summed E-state index contributed by atoms with van der Waals surface area (Å²) in [6.07, 6.45) is 7.25. The lowest BCUT2D eigenvalue weighted by Gasteiger charge is -2.26. The molecule has 0 bridgehead atoms. The molecule has 29 heavy (non-hydrogen) atoms. The number of amides is 1. The van der Waals surface area contributed by atoms with E-state index in [-0.39, 0.29) is 11.9 Å². The van der Waals surface area contributed by atoms with Crippen molar-refractivity contribution in [1.82, 2.24) is 20.1 Å². The number of methoxy groups -OCH3 is 2. The largest absolute Gasteiger partial charge is 0.497 e. The zero-order chi connectivity index (χ0) is 20.4. The zero-order valence-corrected chi connectivity index (χ0v) is 16.8. The molecule has 150 valence electrons. The van der Waals surface area contributed by atoms with E-state index in [1.807, 2.05) is 30.3 Å². The Morgan fingerprint density at radius 1 is 1.17 bits per heavy atom. The minimum atomic E-state index is -0.0700. The quantitative estimate of drug-likeness (QED) is 0.715. The number of carbonyl (C=O) groups excluding carboxylic acids is 1. The maximum Gasteiger partial charge on any atom is 0.258 e. The first kappa shape index (κ1) is 19.0. The number of carbonyl (C=O) groups is 1. The Hall–Kier alpha value is -3.35. The van der Waals surface area contributed by atoms with Crippen LogP contribution < -0.4 is 9.47 Å². The molecule has 1 fully saturated rings. The van der Waals surface area contributed by atoms with Gasteiger partial charge in [0.15, 0.2) is 0 Å². The number of H-pyrrole nitrogens is 1. The molecule has 0 spiro atoms. The molecule has 1 aromatic carbocycles. The van der Waals surface area contributed by atoms with Crippen molar-refractivity contribution in [3.63, 3.8) is 0 Å². The van der Waals surface area contributed by atoms with Gasteiger partial charge in [0, 0.05) is 30.6 Å². The van der Waals surface area contributed by atoms with Crippen LogP contribution in [0.3, 0.4) is 0 Å². The molecule has 1 N–H and O–H groups in total. The monoisotopic (exact) mass is 392 g/mol. The Labute approximate surface area is 169 Å². The fraction of sp³-hybridized carbons (Fsp3) is 0.318. The number of benzene rings is 1. The highest BCUT2D eigenvalue weighted by Crippen LogP contribution is 2.39. The Kier molecular flexibility index (Phi) is 5.20. The zero-order valence-electron chi connectivity index (χ0n) is 16.8. The summed E-state index contributed by atoms with van der Waals surface area (Å²) in [5.41, 5.74) is 4.64. The van der Waals surface area contributed by atoms with Gasteiger partial charge in [-0.2, -0.15) is 5.10 Å². The molecule has 1 amide bonds. The first-order chi connectivity index (χ1) is 14.1. The van der Waals surface area contributed by atoms with Crippen LogP contribution in [-0.4, -0.2) is 46.8 Å². The molecule has 1 aliphatic heterocycles. The molecule has 2 aromatic heterocycles. The molecule has 0 radical (unpaired) electrons. The number of aryl methyl sites for hydroxylation is 1. The third-order valence-electron chi connectivity index (χ3n) is 5.47. The minimum absolute atomic E-state index is 0.0565. The van der Waals surface area contributed by atoms with Crippen molar-refractivity contribution in [2.45, 2.75) is 25.8 Å². The Balaban J connectivity index is 1.69. The lowest BCUT2D eigenvalue weighted by atomic mass is 9.98. The van der Waals surface area contributed by atoms with Gasteiger partial charge in [-0.05, 0) is 49.1 Å². The third kappa shape index (κ3) is 3.44. The van der Waals surface area contributed by atoms with E-state index in [1.54, 1.807) is 38.6 Å². The van der Waals surface area contributed by atoms with E-state index in [9.17, 15) is 4.79 Å². The van der Waals surface area contributed by atoms with Crippen LogP contribution in [0.5, 0.6) is 11.5 Å². The molecule has 4 rings (SSSR count). The second-order valence-corrected chi connectivity index (χ2v) is 7.11. The van der Waals surface area contributed by atoms with Crippen LogP contribution in [0.25, 0.3) is 11.1 Å². The maximum absolute atomic E-state index is 13.4. The van der Waals surface area contributed by atoms with Gasteiger partial charge in [-0.25, -0.2) is 0 Å². The molecular formula is C22H24N4O3. The van der Waals surface area contributed by atoms with Gasteiger partial charge in [0.1, 0.15) is 11.5 Å². The number of pyridine rings is 1. The van der Waals surface area contributed by atoms with Crippen LogP contribution >= 0.6 is 0 Å². The third-order valence-corrected chi connectivity index (χ3v) is 5.47. The number of nitrogens with zero attached hydrogens (tertiary/aromatic N) is 3. The number of nitrogens with one attached hydrogen (secondary N) is 1. The van der Waals surface area contributed by atoms with Crippen LogP contribution in [0.4, 0.5) is 0 Å². The second kappa shape index (κ2) is 7.95. The van der Waals surface area contributed by atoms with Gasteiger partial charge in [0.25, 0.3) is 5.91 Å². The van der Waals surface area contributed by atoms with Crippen LogP contribution in [0.2, 0.25) is 0 Å². The van der Waals surface area contributed by atoms with Crippen molar-refractivity contribution in [3.8, 4) is 22.6 Å². The molecule has 0 aliphatic carbocycles. The van der Waals surface area contributed by atoms with Crippen molar-refractivity contribution < 1.29 is 14.3 Å². The SMILES string of the molecule is COc1ccc(C(=O)N2CCC[C@H]2c2[nH]ncc2-c2ccncc2C)c(OC)c1. The summed E-state index contributed by atoms with van der Waals surface area (Å²) in [6.45, 7) is 2.71. The number of likely N-dealkylation sites (tertiary alicyclic amines) is 1. The summed E-state index contributed by atoms with van der Waals surface area (Å²) in [7, 11) is 3.15. The van der Waals surface area contributed by atoms with Gasteiger partial charge in [0.2, 0.25) is 0 Å². The van der Waals surface area contributed by atoms with Crippen LogP contribution in [-0.2, 0) is 0 Å². The maximum atomic E-state index is 13.4. The van der Waals surface area contributed by atoms with Crippen molar-refractivity contribution in [2.75, 3.05) is 20.8 Å². The predicted molar refractivity (Wildman–Crippen MR) is 109 cm³/mol. The smallest absolute Gasteiger partial charge is 0.258 e. The van der Waals surface area contributed by atoms with Gasteiger partial charge in [0.05, 0.1) is 37.7 Å². The fourth-order valence-corrected chi connectivity index (χ4v) is 3.98. The van der Waals surface area contributed by atoms with E-state index in [2.05, 4.69) is 15.2 Å². The van der Waals surface area contributed by atoms with Gasteiger partial charge >= 0.3 is 0 Å². The van der Waals surface area contributed by atoms with Crippen LogP contribution in [0.15, 0.2) is 42.9 Å². The molecule has 7 heteroatoms. The van der Waals surface area contributed by atoms with Crippen molar-refractivity contribution in [3.05, 3.63) is 59.7 Å². The number of rotatable bonds is 5. The number of hydrogen-bond donors (Lipinski definition) is 1. The first-order valence-electron chi connectivity index (χ1n) is 9.61. The van der Waals surface area contributed by atoms with Gasteiger partial charge in [-0.15, -0.1) is 0 Å². The average Bonchev–Trinajstić information content (AvgIpc) is 3.42. The highest BCUT2D eigenvalue weighted by molar-refractivity contribution is 5.97. The fourth-order valence-electron chi connectivity index (χ4n) is 3.98. The normalized spacial score (nSPS) is 16.1. The summed E-state index contributed by atoms with van der Waals surface area (Å²) in [5, 5.41) is 7.42. The second-order valence-electron chi connectivity index (χ2n) is 7.11. The summed E-state index contributed by atoms with van der Waals surface area (Å²) in [6, 6.07) is 7.19. The van der Waals surface area contributed by atoms with E-state index in [1.165, 1.54) is 0 Å². The number of aromatic nitrogens is 3. The number of hydrogen-bond acceptors (Lipinski definition) is 5. The molecule has 0 saturated carbocycles. The Morgan fingerprint density at radius 2 is 2.03 bits per heavy atom. The first-order valence-corrected chi connectivity index (χ1v) is 9.61.